The fraction of sp³-hybridized carbons (Fsp3) is 0.533. The van der Waals surface area contributed by atoms with E-state index in [-0.39, 0.29) is 5.91 Å². The second-order valence-corrected chi connectivity index (χ2v) is 6.67. The van der Waals surface area contributed by atoms with Crippen LogP contribution < -0.4 is 16.0 Å². The number of rotatable bonds is 1. The van der Waals surface area contributed by atoms with Crippen molar-refractivity contribution in [2.24, 2.45) is 11.8 Å². The molecule has 0 bridgehead atoms. The third kappa shape index (κ3) is 1.43. The standard InChI is InChI=1S/C15H19N3O/c1-7-4-8(7)13-16-11-5-9-10(6-12(11)17-13)18-14(19)15(9,2)3/h5-8,13,16-17H,4H2,1-3H3,(H,18,19). The lowest BCUT2D eigenvalue weighted by molar-refractivity contribution is -0.119. The van der Waals surface area contributed by atoms with E-state index in [9.17, 15) is 4.79 Å². The Morgan fingerprint density at radius 2 is 1.79 bits per heavy atom. The molecular weight excluding hydrogens is 238 g/mol. The number of carbonyl (C=O) groups excluding carboxylic acids is 1. The SMILES string of the molecule is CC1CC1C1Nc2cc3c(cc2N1)C(C)(C)C(=O)N3. The summed E-state index contributed by atoms with van der Waals surface area (Å²) in [5.41, 5.74) is 3.85. The molecule has 0 aromatic heterocycles. The maximum atomic E-state index is 12.0. The Labute approximate surface area is 113 Å². The molecule has 1 saturated carbocycles. The van der Waals surface area contributed by atoms with Crippen molar-refractivity contribution in [2.45, 2.75) is 38.8 Å². The summed E-state index contributed by atoms with van der Waals surface area (Å²) < 4.78 is 0. The zero-order valence-corrected chi connectivity index (χ0v) is 11.5. The Hall–Kier alpha value is -1.71. The Morgan fingerprint density at radius 3 is 2.42 bits per heavy atom. The molecule has 1 amide bonds. The van der Waals surface area contributed by atoms with Crippen LogP contribution in [0, 0.1) is 11.8 Å². The van der Waals surface area contributed by atoms with Gasteiger partial charge in [-0.05, 0) is 43.9 Å². The van der Waals surface area contributed by atoms with Gasteiger partial charge in [0, 0.05) is 11.6 Å². The number of amides is 1. The van der Waals surface area contributed by atoms with E-state index >= 15 is 0 Å². The quantitative estimate of drug-likeness (QED) is 0.725. The van der Waals surface area contributed by atoms with Crippen LogP contribution in [0.3, 0.4) is 0 Å². The third-order valence-corrected chi connectivity index (χ3v) is 4.87. The Balaban J connectivity index is 1.70. The number of fused-ring (bicyclic) bond motifs is 2. The number of hydrogen-bond acceptors (Lipinski definition) is 3. The Kier molecular flexibility index (Phi) is 1.90. The van der Waals surface area contributed by atoms with Crippen molar-refractivity contribution >= 4 is 23.0 Å². The fourth-order valence-corrected chi connectivity index (χ4v) is 3.26. The summed E-state index contributed by atoms with van der Waals surface area (Å²) in [5, 5.41) is 10.1. The molecule has 4 nitrogen and oxygen atoms in total. The van der Waals surface area contributed by atoms with E-state index in [0.29, 0.717) is 6.17 Å². The van der Waals surface area contributed by atoms with Gasteiger partial charge in [-0.3, -0.25) is 4.79 Å². The lowest BCUT2D eigenvalue weighted by Crippen LogP contribution is -2.27. The molecule has 3 aliphatic rings. The normalized spacial score (nSPS) is 33.0. The monoisotopic (exact) mass is 257 g/mol. The van der Waals surface area contributed by atoms with Crippen molar-refractivity contribution in [3.63, 3.8) is 0 Å². The van der Waals surface area contributed by atoms with Gasteiger partial charge in [-0.15, -0.1) is 0 Å². The topological polar surface area (TPSA) is 53.2 Å². The highest BCUT2D eigenvalue weighted by Crippen LogP contribution is 2.48. The average Bonchev–Trinajstić information content (AvgIpc) is 2.86. The molecule has 19 heavy (non-hydrogen) atoms. The molecule has 3 N–H and O–H groups in total. The number of hydrogen-bond donors (Lipinski definition) is 3. The molecule has 0 saturated heterocycles. The molecule has 3 atom stereocenters. The van der Waals surface area contributed by atoms with Gasteiger partial charge in [0.1, 0.15) is 0 Å². The highest BCUT2D eigenvalue weighted by Gasteiger charge is 2.44. The van der Waals surface area contributed by atoms with Crippen LogP contribution in [0.25, 0.3) is 0 Å². The van der Waals surface area contributed by atoms with Crippen molar-refractivity contribution in [3.05, 3.63) is 17.7 Å². The first-order valence-electron chi connectivity index (χ1n) is 7.00. The van der Waals surface area contributed by atoms with Gasteiger partial charge in [-0.2, -0.15) is 0 Å². The van der Waals surface area contributed by atoms with Crippen LogP contribution in [-0.4, -0.2) is 12.1 Å². The highest BCUT2D eigenvalue weighted by molar-refractivity contribution is 6.07. The fourth-order valence-electron chi connectivity index (χ4n) is 3.26. The van der Waals surface area contributed by atoms with Crippen LogP contribution in [0.4, 0.5) is 17.1 Å². The molecule has 1 aromatic carbocycles. The van der Waals surface area contributed by atoms with Crippen molar-refractivity contribution in [1.82, 2.24) is 0 Å². The van der Waals surface area contributed by atoms with Crippen LogP contribution in [0.15, 0.2) is 12.1 Å². The molecule has 2 heterocycles. The van der Waals surface area contributed by atoms with E-state index in [0.717, 1.165) is 34.5 Å². The minimum Gasteiger partial charge on any atom is -0.363 e. The van der Waals surface area contributed by atoms with Gasteiger partial charge in [0.05, 0.1) is 23.0 Å². The van der Waals surface area contributed by atoms with E-state index in [1.807, 2.05) is 13.8 Å². The first-order chi connectivity index (χ1) is 8.96. The molecule has 1 aliphatic carbocycles. The summed E-state index contributed by atoms with van der Waals surface area (Å²) in [4.78, 5) is 12.0. The maximum absolute atomic E-state index is 12.0. The number of nitrogens with one attached hydrogen (secondary N) is 3. The second kappa shape index (κ2) is 3.24. The van der Waals surface area contributed by atoms with Crippen molar-refractivity contribution in [2.75, 3.05) is 16.0 Å². The Bertz CT molecular complexity index is 593. The smallest absolute Gasteiger partial charge is 0.234 e. The first-order valence-corrected chi connectivity index (χ1v) is 7.00. The van der Waals surface area contributed by atoms with Crippen molar-refractivity contribution in [3.8, 4) is 0 Å². The van der Waals surface area contributed by atoms with Gasteiger partial charge in [0.15, 0.2) is 0 Å². The highest BCUT2D eigenvalue weighted by atomic mass is 16.2. The third-order valence-electron chi connectivity index (χ3n) is 4.87. The molecule has 0 spiro atoms. The van der Waals surface area contributed by atoms with Crippen LogP contribution in [0.2, 0.25) is 0 Å². The van der Waals surface area contributed by atoms with Gasteiger partial charge >= 0.3 is 0 Å². The van der Waals surface area contributed by atoms with Gasteiger partial charge in [0.2, 0.25) is 5.91 Å². The zero-order chi connectivity index (χ0) is 13.4. The minimum absolute atomic E-state index is 0.0820. The van der Waals surface area contributed by atoms with Crippen LogP contribution in [-0.2, 0) is 10.2 Å². The van der Waals surface area contributed by atoms with E-state index in [1.54, 1.807) is 0 Å². The van der Waals surface area contributed by atoms with E-state index in [4.69, 9.17) is 0 Å². The number of carbonyl (C=O) groups is 1. The van der Waals surface area contributed by atoms with Gasteiger partial charge < -0.3 is 16.0 Å². The summed E-state index contributed by atoms with van der Waals surface area (Å²) in [5.74, 6) is 1.62. The van der Waals surface area contributed by atoms with Crippen molar-refractivity contribution < 1.29 is 4.79 Å². The van der Waals surface area contributed by atoms with Crippen molar-refractivity contribution in [1.29, 1.82) is 0 Å². The van der Waals surface area contributed by atoms with Crippen LogP contribution in [0.5, 0.6) is 0 Å². The molecule has 4 rings (SSSR count). The summed E-state index contributed by atoms with van der Waals surface area (Å²) in [6.45, 7) is 6.24. The van der Waals surface area contributed by atoms with Gasteiger partial charge in [-0.1, -0.05) is 6.92 Å². The molecule has 3 unspecified atom stereocenters. The van der Waals surface area contributed by atoms with Gasteiger partial charge in [-0.25, -0.2) is 0 Å². The molecule has 2 aliphatic heterocycles. The van der Waals surface area contributed by atoms with E-state index in [1.165, 1.54) is 6.42 Å². The minimum atomic E-state index is -0.434. The largest absolute Gasteiger partial charge is 0.363 e. The summed E-state index contributed by atoms with van der Waals surface area (Å²) in [6, 6.07) is 4.19. The zero-order valence-electron chi connectivity index (χ0n) is 11.5. The molecule has 1 aromatic rings. The average molecular weight is 257 g/mol. The first kappa shape index (κ1) is 11.1. The molecule has 0 radical (unpaired) electrons. The summed E-state index contributed by atoms with van der Waals surface area (Å²) >= 11 is 0. The van der Waals surface area contributed by atoms with E-state index in [2.05, 4.69) is 35.0 Å². The number of anilines is 3. The predicted octanol–water partition coefficient (Wildman–Crippen LogP) is 2.74. The lowest BCUT2D eigenvalue weighted by Gasteiger charge is -2.15. The molecule has 100 valence electrons. The Morgan fingerprint density at radius 1 is 1.16 bits per heavy atom. The molecule has 1 fully saturated rings. The second-order valence-electron chi connectivity index (χ2n) is 6.67. The van der Waals surface area contributed by atoms with Crippen LogP contribution >= 0.6 is 0 Å². The van der Waals surface area contributed by atoms with Gasteiger partial charge in [0.25, 0.3) is 0 Å². The maximum Gasteiger partial charge on any atom is 0.234 e. The summed E-state index contributed by atoms with van der Waals surface area (Å²) in [6.07, 6.45) is 1.65. The lowest BCUT2D eigenvalue weighted by atomic mass is 9.86. The summed E-state index contributed by atoms with van der Waals surface area (Å²) in [7, 11) is 0. The molecular formula is C15H19N3O. The van der Waals surface area contributed by atoms with Crippen LogP contribution in [0.1, 0.15) is 32.8 Å². The predicted molar refractivity (Wildman–Crippen MR) is 76.4 cm³/mol. The number of benzene rings is 1. The molecule has 4 heteroatoms. The van der Waals surface area contributed by atoms with E-state index < -0.39 is 5.41 Å².